The molecule has 0 saturated carbocycles. The van der Waals surface area contributed by atoms with Crippen LogP contribution in [0.1, 0.15) is 13.8 Å². The number of hydrogen-bond donors (Lipinski definition) is 0. The van der Waals surface area contributed by atoms with Crippen LogP contribution in [0, 0.1) is 40.5 Å². The molecule has 13 nitrogen and oxygen atoms in total. The zero-order chi connectivity index (χ0) is 16.6. The lowest BCUT2D eigenvalue weighted by Gasteiger charge is -2.34. The maximum atomic E-state index is 11.1. The Morgan fingerprint density at radius 1 is 0.905 bits per heavy atom. The van der Waals surface area contributed by atoms with Crippen molar-refractivity contribution in [2.75, 3.05) is 0 Å². The summed E-state index contributed by atoms with van der Waals surface area (Å²) in [6.07, 6.45) is -0.842. The third-order valence-corrected chi connectivity index (χ3v) is 3.43. The Morgan fingerprint density at radius 2 is 1.33 bits per heavy atom. The van der Waals surface area contributed by atoms with Gasteiger partial charge in [-0.15, -0.1) is 10.1 Å². The second kappa shape index (κ2) is 4.92. The summed E-state index contributed by atoms with van der Waals surface area (Å²) in [5, 5.41) is 42.3. The number of nitrogens with zero attached hydrogens (tertiary/aromatic N) is 4. The van der Waals surface area contributed by atoms with E-state index in [0.717, 1.165) is 13.8 Å². The molecule has 0 aliphatic heterocycles. The minimum Gasteiger partial charge on any atom is -0.295 e. The van der Waals surface area contributed by atoms with Gasteiger partial charge in [0.05, 0.1) is 0 Å². The molecule has 0 aromatic carbocycles. The highest BCUT2D eigenvalue weighted by molar-refractivity contribution is 5.20. The van der Waals surface area contributed by atoms with E-state index >= 15 is 0 Å². The predicted molar refractivity (Wildman–Crippen MR) is 62.6 cm³/mol. The van der Waals surface area contributed by atoms with Crippen LogP contribution in [-0.4, -0.2) is 43.1 Å². The van der Waals surface area contributed by atoms with E-state index in [9.17, 15) is 40.5 Å². The van der Waals surface area contributed by atoms with Gasteiger partial charge in [0.15, 0.2) is 0 Å². The van der Waals surface area contributed by atoms with E-state index in [-0.39, 0.29) is 0 Å². The topological polar surface area (TPSA) is 182 Å². The number of nitro groups is 3. The molecule has 0 fully saturated rings. The van der Waals surface area contributed by atoms with Crippen molar-refractivity contribution in [1.29, 1.82) is 0 Å². The van der Waals surface area contributed by atoms with E-state index in [2.05, 4.69) is 4.84 Å². The fourth-order valence-corrected chi connectivity index (χ4v) is 2.07. The molecule has 13 heteroatoms. The molecule has 21 heavy (non-hydrogen) atoms. The van der Waals surface area contributed by atoms with E-state index in [1.54, 1.807) is 0 Å². The molecule has 0 aromatic rings. The summed E-state index contributed by atoms with van der Waals surface area (Å²) >= 11 is 0. The third-order valence-electron chi connectivity index (χ3n) is 3.43. The molecule has 0 radical (unpaired) electrons. The van der Waals surface area contributed by atoms with Gasteiger partial charge in [-0.3, -0.25) is 35.2 Å². The molecule has 0 spiro atoms. The summed E-state index contributed by atoms with van der Waals surface area (Å²) in [4.78, 5) is 44.6. The monoisotopic (exact) mass is 306 g/mol. The first-order valence-corrected chi connectivity index (χ1v) is 5.41. The SMILES string of the molecule is C[C@]1([N+](=O)[O-])C=C[C@@](C)([N+](=O)[O-])[C@@H](O[N+](=O)[O-])[C@@H]1[N+](=O)[O-]. The molecule has 1 aliphatic rings. The van der Waals surface area contributed by atoms with Crippen LogP contribution in [0.5, 0.6) is 0 Å². The van der Waals surface area contributed by atoms with Crippen LogP contribution in [0.3, 0.4) is 0 Å². The molecule has 116 valence electrons. The van der Waals surface area contributed by atoms with Crippen LogP contribution in [-0.2, 0) is 4.84 Å². The first-order chi connectivity index (χ1) is 9.46. The molecule has 1 rings (SSSR count). The molecular weight excluding hydrogens is 296 g/mol. The van der Waals surface area contributed by atoms with Crippen molar-refractivity contribution in [2.45, 2.75) is 37.1 Å². The molecule has 0 N–H and O–H groups in total. The zero-order valence-electron chi connectivity index (χ0n) is 10.8. The molecule has 1 aliphatic carbocycles. The molecule has 0 amide bonds. The van der Waals surface area contributed by atoms with Crippen molar-refractivity contribution in [3.05, 3.63) is 52.6 Å². The van der Waals surface area contributed by atoms with Gasteiger partial charge in [-0.25, -0.2) is 0 Å². The minimum absolute atomic E-state index is 0.697. The lowest BCUT2D eigenvalue weighted by Crippen LogP contribution is -2.67. The highest BCUT2D eigenvalue weighted by Gasteiger charge is 2.69. The van der Waals surface area contributed by atoms with E-state index in [0.29, 0.717) is 12.2 Å². The molecule has 0 heterocycles. The second-order valence-corrected chi connectivity index (χ2v) is 4.78. The lowest BCUT2D eigenvalue weighted by atomic mass is 9.74. The molecule has 0 aromatic heterocycles. The molecule has 0 unspecified atom stereocenters. The number of rotatable bonds is 5. The summed E-state index contributed by atoms with van der Waals surface area (Å²) < 4.78 is 0. The first-order valence-electron chi connectivity index (χ1n) is 5.41. The van der Waals surface area contributed by atoms with Crippen LogP contribution in [0.4, 0.5) is 0 Å². The van der Waals surface area contributed by atoms with E-state index in [1.165, 1.54) is 0 Å². The van der Waals surface area contributed by atoms with E-state index < -0.39 is 43.1 Å². The van der Waals surface area contributed by atoms with Gasteiger partial charge in [-0.1, -0.05) is 0 Å². The normalized spacial score (nSPS) is 35.0. The van der Waals surface area contributed by atoms with Gasteiger partial charge in [0.25, 0.3) is 16.7 Å². The largest absolute Gasteiger partial charge is 0.318 e. The molecule has 4 atom stereocenters. The highest BCUT2D eigenvalue weighted by Crippen LogP contribution is 2.36. The highest BCUT2D eigenvalue weighted by atomic mass is 17.0. The molecule has 0 saturated heterocycles. The maximum absolute atomic E-state index is 11.1. The first kappa shape index (κ1) is 16.2. The average molecular weight is 306 g/mol. The predicted octanol–water partition coefficient (Wildman–Crippen LogP) is -0.151. The Labute approximate surface area is 115 Å². The number of hydrogen-bond acceptors (Lipinski definition) is 9. The van der Waals surface area contributed by atoms with E-state index in [1.807, 2.05) is 0 Å². The van der Waals surface area contributed by atoms with Gasteiger partial charge < -0.3 is 0 Å². The summed E-state index contributed by atoms with van der Waals surface area (Å²) in [7, 11) is 0. The minimum atomic E-state index is -2.38. The Kier molecular flexibility index (Phi) is 3.79. The fraction of sp³-hybridized carbons (Fsp3) is 0.750. The third kappa shape index (κ3) is 2.44. The van der Waals surface area contributed by atoms with E-state index in [4.69, 9.17) is 0 Å². The quantitative estimate of drug-likeness (QED) is 0.378. The Morgan fingerprint density at radius 3 is 1.67 bits per heavy atom. The lowest BCUT2D eigenvalue weighted by molar-refractivity contribution is -0.799. The van der Waals surface area contributed by atoms with Crippen LogP contribution < -0.4 is 0 Å². The zero-order valence-corrected chi connectivity index (χ0v) is 10.8. The van der Waals surface area contributed by atoms with Gasteiger partial charge in [0.1, 0.15) is 0 Å². The summed E-state index contributed by atoms with van der Waals surface area (Å²) in [6, 6.07) is -2.31. The van der Waals surface area contributed by atoms with Crippen molar-refractivity contribution < 1.29 is 24.7 Å². The van der Waals surface area contributed by atoms with Crippen LogP contribution in [0.25, 0.3) is 0 Å². The van der Waals surface area contributed by atoms with Gasteiger partial charge in [0, 0.05) is 34.7 Å². The van der Waals surface area contributed by atoms with Crippen molar-refractivity contribution >= 4 is 0 Å². The summed E-state index contributed by atoms with van der Waals surface area (Å²) in [5.41, 5.74) is -4.72. The Balaban J connectivity index is 3.56. The van der Waals surface area contributed by atoms with Crippen LogP contribution >= 0.6 is 0 Å². The second-order valence-electron chi connectivity index (χ2n) is 4.78. The average Bonchev–Trinajstić information content (AvgIpc) is 2.32. The Hall–Kier alpha value is -2.86. The fourth-order valence-electron chi connectivity index (χ4n) is 2.07. The van der Waals surface area contributed by atoms with Crippen molar-refractivity contribution in [3.63, 3.8) is 0 Å². The van der Waals surface area contributed by atoms with Gasteiger partial charge in [0.2, 0.25) is 0 Å². The van der Waals surface area contributed by atoms with Crippen LogP contribution in [0.15, 0.2) is 12.2 Å². The van der Waals surface area contributed by atoms with Crippen molar-refractivity contribution in [1.82, 2.24) is 0 Å². The van der Waals surface area contributed by atoms with Gasteiger partial charge in [-0.05, 0) is 6.08 Å². The molecule has 0 bridgehead atoms. The Bertz CT molecular complexity index is 548. The molecular formula is C8H10N4O9. The van der Waals surface area contributed by atoms with Gasteiger partial charge >= 0.3 is 11.6 Å². The van der Waals surface area contributed by atoms with Gasteiger partial charge in [-0.2, -0.15) is 0 Å². The van der Waals surface area contributed by atoms with Crippen molar-refractivity contribution in [3.8, 4) is 0 Å². The summed E-state index contributed by atoms with van der Waals surface area (Å²) in [6.45, 7) is 1.69. The van der Waals surface area contributed by atoms with Crippen molar-refractivity contribution in [2.24, 2.45) is 0 Å². The maximum Gasteiger partial charge on any atom is 0.318 e. The standard InChI is InChI=1S/C8H10N4O9/c1-7(10(15)16)3-4-8(2,11(17)18)6(21-12(19)20)5(7)9(13)14/h3-6H,1-2H3/t5-,6-,7-,8+/m0/s1. The van der Waals surface area contributed by atoms with Crippen LogP contribution in [0.2, 0.25) is 0 Å². The summed E-state index contributed by atoms with van der Waals surface area (Å²) in [5.74, 6) is 0. The smallest absolute Gasteiger partial charge is 0.295 e.